The highest BCUT2D eigenvalue weighted by Gasteiger charge is 2.05. The van der Waals surface area contributed by atoms with Crippen molar-refractivity contribution in [1.82, 2.24) is 10.7 Å². The van der Waals surface area contributed by atoms with E-state index in [1.807, 2.05) is 36.6 Å². The number of aliphatic imine (C=N–C) groups is 1. The highest BCUT2D eigenvalue weighted by atomic mass is 35.5. The summed E-state index contributed by atoms with van der Waals surface area (Å²) in [6, 6.07) is 7.51. The second-order valence-corrected chi connectivity index (χ2v) is 4.27. The number of halogens is 1. The van der Waals surface area contributed by atoms with Gasteiger partial charge in [-0.3, -0.25) is 0 Å². The molecule has 1 aromatic rings. The number of hydrogen-bond acceptors (Lipinski definition) is 3. The second-order valence-electron chi connectivity index (χ2n) is 3.87. The molecule has 0 aliphatic heterocycles. The molecule has 1 rings (SSSR count). The minimum Gasteiger partial charge on any atom is -0.352 e. The minimum atomic E-state index is -0.628. The maximum atomic E-state index is 10.4. The van der Waals surface area contributed by atoms with Crippen molar-refractivity contribution in [3.05, 3.63) is 45.0 Å². The lowest BCUT2D eigenvalue weighted by molar-refractivity contribution is -0.525. The number of guanidine groups is 1. The van der Waals surface area contributed by atoms with E-state index in [4.69, 9.17) is 11.6 Å². The monoisotopic (exact) mass is 284 g/mol. The molecular weight excluding hydrogens is 268 g/mol. The zero-order chi connectivity index (χ0) is 14.1. The number of nitrogens with zero attached hydrogens (tertiary/aromatic N) is 2. The van der Waals surface area contributed by atoms with Gasteiger partial charge in [0.1, 0.15) is 0 Å². The molecule has 0 aromatic heterocycles. The molecule has 0 heterocycles. The Morgan fingerprint density at radius 1 is 1.47 bits per heavy atom. The molecule has 0 aliphatic rings. The van der Waals surface area contributed by atoms with Crippen molar-refractivity contribution in [2.24, 2.45) is 4.99 Å². The fourth-order valence-electron chi connectivity index (χ4n) is 1.46. The predicted molar refractivity (Wildman–Crippen MR) is 75.9 cm³/mol. The van der Waals surface area contributed by atoms with E-state index in [2.05, 4.69) is 10.3 Å². The van der Waals surface area contributed by atoms with Gasteiger partial charge in [0.05, 0.1) is 0 Å². The van der Waals surface area contributed by atoms with Crippen LogP contribution >= 0.6 is 11.6 Å². The van der Waals surface area contributed by atoms with Crippen LogP contribution in [-0.4, -0.2) is 24.1 Å². The molecule has 0 amide bonds. The van der Waals surface area contributed by atoms with Gasteiger partial charge < -0.3 is 5.32 Å². The number of hydrogen-bond donors (Lipinski definition) is 2. The molecular formula is C12H17ClN4O2. The van der Waals surface area contributed by atoms with E-state index in [1.165, 1.54) is 0 Å². The highest BCUT2D eigenvalue weighted by Crippen LogP contribution is 2.14. The standard InChI is InChI=1S/C12H17ClN4O2/c1-2-8-14-12(16-17(18)19)15-9-7-10-5-3-4-6-11(10)13/h3-6H,2,7-9H2,1H3,(H2,14,15,16). The number of benzene rings is 1. The third-order valence-corrected chi connectivity index (χ3v) is 2.70. The molecule has 2 N–H and O–H groups in total. The van der Waals surface area contributed by atoms with E-state index in [0.717, 1.165) is 12.0 Å². The predicted octanol–water partition coefficient (Wildman–Crippen LogP) is 2.02. The summed E-state index contributed by atoms with van der Waals surface area (Å²) in [6.07, 6.45) is 1.50. The van der Waals surface area contributed by atoms with Crippen molar-refractivity contribution in [2.45, 2.75) is 19.8 Å². The third kappa shape index (κ3) is 6.05. The molecule has 0 saturated heterocycles. The van der Waals surface area contributed by atoms with Crippen molar-refractivity contribution in [2.75, 3.05) is 13.1 Å². The second kappa shape index (κ2) is 8.31. The summed E-state index contributed by atoms with van der Waals surface area (Å²) in [4.78, 5) is 14.5. The Morgan fingerprint density at radius 3 is 2.84 bits per heavy atom. The number of nitrogens with one attached hydrogen (secondary N) is 2. The van der Waals surface area contributed by atoms with Crippen LogP contribution in [0.15, 0.2) is 29.3 Å². The molecule has 0 saturated carbocycles. The summed E-state index contributed by atoms with van der Waals surface area (Å²) in [7, 11) is 0. The molecule has 0 spiro atoms. The fourth-order valence-corrected chi connectivity index (χ4v) is 1.69. The van der Waals surface area contributed by atoms with E-state index in [0.29, 0.717) is 24.5 Å². The van der Waals surface area contributed by atoms with Gasteiger partial charge in [-0.05, 0) is 24.5 Å². The first-order valence-corrected chi connectivity index (χ1v) is 6.44. The van der Waals surface area contributed by atoms with Gasteiger partial charge in [-0.25, -0.2) is 15.1 Å². The Morgan fingerprint density at radius 2 is 2.21 bits per heavy atom. The zero-order valence-corrected chi connectivity index (χ0v) is 11.5. The summed E-state index contributed by atoms with van der Waals surface area (Å²) in [5.41, 5.74) is 3.04. The van der Waals surface area contributed by atoms with E-state index >= 15 is 0 Å². The number of rotatable bonds is 6. The van der Waals surface area contributed by atoms with Gasteiger partial charge in [-0.2, -0.15) is 0 Å². The van der Waals surface area contributed by atoms with Gasteiger partial charge in [0, 0.05) is 18.1 Å². The first-order chi connectivity index (χ1) is 9.13. The molecule has 0 bridgehead atoms. The van der Waals surface area contributed by atoms with Crippen LogP contribution in [0.1, 0.15) is 18.9 Å². The maximum absolute atomic E-state index is 10.4. The maximum Gasteiger partial charge on any atom is 0.254 e. The molecule has 0 fully saturated rings. The third-order valence-electron chi connectivity index (χ3n) is 2.34. The molecule has 19 heavy (non-hydrogen) atoms. The van der Waals surface area contributed by atoms with E-state index in [-0.39, 0.29) is 5.96 Å². The lowest BCUT2D eigenvalue weighted by Crippen LogP contribution is -2.41. The molecule has 7 heteroatoms. The lowest BCUT2D eigenvalue weighted by Gasteiger charge is -2.08. The van der Waals surface area contributed by atoms with Crippen LogP contribution in [-0.2, 0) is 6.42 Å². The van der Waals surface area contributed by atoms with Crippen LogP contribution in [0.4, 0.5) is 0 Å². The van der Waals surface area contributed by atoms with Gasteiger partial charge in [-0.15, -0.1) is 0 Å². The summed E-state index contributed by atoms with van der Waals surface area (Å²) in [5.74, 6) is 0.180. The molecule has 0 aliphatic carbocycles. The lowest BCUT2D eigenvalue weighted by atomic mass is 10.1. The molecule has 0 radical (unpaired) electrons. The van der Waals surface area contributed by atoms with E-state index < -0.39 is 5.03 Å². The molecule has 0 atom stereocenters. The Bertz CT molecular complexity index is 451. The quantitative estimate of drug-likeness (QED) is 0.362. The van der Waals surface area contributed by atoms with E-state index in [1.54, 1.807) is 0 Å². The average molecular weight is 285 g/mol. The zero-order valence-electron chi connectivity index (χ0n) is 10.7. The highest BCUT2D eigenvalue weighted by molar-refractivity contribution is 6.31. The van der Waals surface area contributed by atoms with Gasteiger partial charge in [-0.1, -0.05) is 42.1 Å². The smallest absolute Gasteiger partial charge is 0.254 e. The first kappa shape index (κ1) is 15.2. The fraction of sp³-hybridized carbons (Fsp3) is 0.417. The van der Waals surface area contributed by atoms with Crippen molar-refractivity contribution in [3.63, 3.8) is 0 Å². The van der Waals surface area contributed by atoms with Gasteiger partial charge in [0.15, 0.2) is 5.03 Å². The van der Waals surface area contributed by atoms with E-state index in [9.17, 15) is 10.1 Å². The molecule has 104 valence electrons. The van der Waals surface area contributed by atoms with Crippen LogP contribution in [0.2, 0.25) is 5.02 Å². The number of nitro groups is 1. The summed E-state index contributed by atoms with van der Waals surface area (Å²) in [5, 5.41) is 13.4. The Hall–Kier alpha value is -1.82. The van der Waals surface area contributed by atoms with Crippen LogP contribution in [0, 0.1) is 10.1 Å². The molecule has 6 nitrogen and oxygen atoms in total. The first-order valence-electron chi connectivity index (χ1n) is 6.06. The molecule has 1 aromatic carbocycles. The Balaban J connectivity index is 2.48. The van der Waals surface area contributed by atoms with Crippen molar-refractivity contribution in [1.29, 1.82) is 0 Å². The van der Waals surface area contributed by atoms with Crippen LogP contribution in [0.25, 0.3) is 0 Å². The summed E-state index contributed by atoms with van der Waals surface area (Å²) < 4.78 is 0. The van der Waals surface area contributed by atoms with Crippen molar-refractivity contribution in [3.8, 4) is 0 Å². The van der Waals surface area contributed by atoms with Crippen LogP contribution in [0.3, 0.4) is 0 Å². The van der Waals surface area contributed by atoms with Gasteiger partial charge in [0.25, 0.3) is 5.96 Å². The number of hydrazine groups is 1. The van der Waals surface area contributed by atoms with Crippen LogP contribution < -0.4 is 10.7 Å². The SMILES string of the molecule is CCCN=C(NCCc1ccccc1Cl)N[N+](=O)[O-]. The molecule has 0 unspecified atom stereocenters. The summed E-state index contributed by atoms with van der Waals surface area (Å²) in [6.45, 7) is 3.01. The van der Waals surface area contributed by atoms with Crippen molar-refractivity contribution < 1.29 is 5.03 Å². The summed E-state index contributed by atoms with van der Waals surface area (Å²) >= 11 is 6.03. The Kier molecular flexibility index (Phi) is 6.67. The largest absolute Gasteiger partial charge is 0.352 e. The van der Waals surface area contributed by atoms with Gasteiger partial charge in [0.2, 0.25) is 0 Å². The average Bonchev–Trinajstić information content (AvgIpc) is 2.37. The van der Waals surface area contributed by atoms with Gasteiger partial charge >= 0.3 is 0 Å². The normalized spacial score (nSPS) is 11.2. The Labute approximate surface area is 117 Å². The minimum absolute atomic E-state index is 0.180. The topological polar surface area (TPSA) is 79.6 Å². The van der Waals surface area contributed by atoms with Crippen LogP contribution in [0.5, 0.6) is 0 Å². The van der Waals surface area contributed by atoms with Crippen molar-refractivity contribution >= 4 is 17.6 Å².